The molecule has 2 rings (SSSR count). The van der Waals surface area contributed by atoms with Crippen LogP contribution in [0.2, 0.25) is 0 Å². The Morgan fingerprint density at radius 1 is 1.38 bits per heavy atom. The highest BCUT2D eigenvalue weighted by atomic mass is 32.2. The van der Waals surface area contributed by atoms with Crippen LogP contribution < -0.4 is 5.32 Å². The molecule has 2 aliphatic heterocycles. The van der Waals surface area contributed by atoms with Gasteiger partial charge in [0.05, 0.1) is 0 Å². The van der Waals surface area contributed by atoms with E-state index in [1.807, 2.05) is 0 Å². The third-order valence-electron chi connectivity index (χ3n) is 2.10. The molecule has 0 aliphatic carbocycles. The van der Waals surface area contributed by atoms with Gasteiger partial charge in [0.15, 0.2) is 0 Å². The van der Waals surface area contributed by atoms with Crippen LogP contribution in [0.4, 0.5) is 0 Å². The molecule has 0 spiro atoms. The lowest BCUT2D eigenvalue weighted by Crippen LogP contribution is -2.09. The fourth-order valence-corrected chi connectivity index (χ4v) is 3.04. The first-order valence-corrected chi connectivity index (χ1v) is 4.34. The van der Waals surface area contributed by atoms with E-state index in [1.165, 1.54) is 25.3 Å². The number of rotatable bonds is 0. The highest BCUT2D eigenvalue weighted by molar-refractivity contribution is 8.00. The second-order valence-electron chi connectivity index (χ2n) is 2.62. The molecule has 46 valence electrons. The van der Waals surface area contributed by atoms with Gasteiger partial charge in [-0.3, -0.25) is 0 Å². The maximum absolute atomic E-state index is 3.40. The van der Waals surface area contributed by atoms with Gasteiger partial charge in [0.2, 0.25) is 0 Å². The lowest BCUT2D eigenvalue weighted by molar-refractivity contribution is 0.601. The zero-order chi connectivity index (χ0) is 5.40. The first kappa shape index (κ1) is 5.12. The average molecular weight is 129 g/mol. The SMILES string of the molecule is C1CC2CNCC2S1. The van der Waals surface area contributed by atoms with Crippen molar-refractivity contribution in [2.24, 2.45) is 5.92 Å². The molecule has 2 fully saturated rings. The van der Waals surface area contributed by atoms with Gasteiger partial charge in [-0.25, -0.2) is 0 Å². The molecule has 2 heterocycles. The van der Waals surface area contributed by atoms with Crippen LogP contribution in [-0.4, -0.2) is 24.1 Å². The quantitative estimate of drug-likeness (QED) is 0.517. The normalized spacial score (nSPS) is 45.0. The summed E-state index contributed by atoms with van der Waals surface area (Å²) in [5.74, 6) is 2.44. The molecule has 0 aromatic rings. The molecule has 2 heteroatoms. The molecule has 0 amide bonds. The van der Waals surface area contributed by atoms with E-state index in [1.54, 1.807) is 0 Å². The van der Waals surface area contributed by atoms with Gasteiger partial charge < -0.3 is 5.32 Å². The first-order valence-electron chi connectivity index (χ1n) is 3.29. The summed E-state index contributed by atoms with van der Waals surface area (Å²) in [4.78, 5) is 0. The molecule has 8 heavy (non-hydrogen) atoms. The number of hydrogen-bond acceptors (Lipinski definition) is 2. The molecule has 0 aromatic heterocycles. The summed E-state index contributed by atoms with van der Waals surface area (Å²) in [6.45, 7) is 2.56. The third kappa shape index (κ3) is 0.669. The summed E-state index contributed by atoms with van der Waals surface area (Å²) in [6.07, 6.45) is 1.46. The van der Waals surface area contributed by atoms with Gasteiger partial charge in [-0.15, -0.1) is 0 Å². The summed E-state index contributed by atoms with van der Waals surface area (Å²) in [5.41, 5.74) is 0. The predicted octanol–water partition coefficient (Wildman–Crippen LogP) is 0.711. The van der Waals surface area contributed by atoms with Crippen LogP contribution in [0.1, 0.15) is 6.42 Å². The van der Waals surface area contributed by atoms with Crippen molar-refractivity contribution in [3.63, 3.8) is 0 Å². The Kier molecular flexibility index (Phi) is 1.23. The van der Waals surface area contributed by atoms with Crippen molar-refractivity contribution in [3.8, 4) is 0 Å². The zero-order valence-electron chi connectivity index (χ0n) is 4.89. The molecule has 1 N–H and O–H groups in total. The number of nitrogens with one attached hydrogen (secondary N) is 1. The Labute approximate surface area is 54.2 Å². The van der Waals surface area contributed by atoms with E-state index in [2.05, 4.69) is 17.1 Å². The van der Waals surface area contributed by atoms with Crippen molar-refractivity contribution in [2.45, 2.75) is 11.7 Å². The highest BCUT2D eigenvalue weighted by Gasteiger charge is 2.31. The number of hydrogen-bond donors (Lipinski definition) is 1. The predicted molar refractivity (Wildman–Crippen MR) is 37.2 cm³/mol. The second-order valence-corrected chi connectivity index (χ2v) is 3.96. The Morgan fingerprint density at radius 3 is 3.25 bits per heavy atom. The molecular formula is C6H11NS. The van der Waals surface area contributed by atoms with Crippen molar-refractivity contribution in [2.75, 3.05) is 18.8 Å². The van der Waals surface area contributed by atoms with Gasteiger partial charge in [0.25, 0.3) is 0 Å². The second kappa shape index (κ2) is 1.92. The molecule has 0 radical (unpaired) electrons. The Morgan fingerprint density at radius 2 is 2.38 bits per heavy atom. The van der Waals surface area contributed by atoms with Gasteiger partial charge >= 0.3 is 0 Å². The summed E-state index contributed by atoms with van der Waals surface area (Å²) in [5, 5.41) is 4.38. The van der Waals surface area contributed by atoms with E-state index in [0.29, 0.717) is 0 Å². The fourth-order valence-electron chi connectivity index (χ4n) is 1.56. The van der Waals surface area contributed by atoms with E-state index >= 15 is 0 Å². The van der Waals surface area contributed by atoms with Crippen LogP contribution in [0, 0.1) is 5.92 Å². The minimum atomic E-state index is 0.981. The van der Waals surface area contributed by atoms with Crippen molar-refractivity contribution in [1.29, 1.82) is 0 Å². The van der Waals surface area contributed by atoms with Gasteiger partial charge in [-0.05, 0) is 24.6 Å². The number of thioether (sulfide) groups is 1. The smallest absolute Gasteiger partial charge is 0.0213 e. The molecule has 0 aromatic carbocycles. The van der Waals surface area contributed by atoms with Crippen molar-refractivity contribution >= 4 is 11.8 Å². The lowest BCUT2D eigenvalue weighted by atomic mass is 10.1. The van der Waals surface area contributed by atoms with Crippen LogP contribution in [0.5, 0.6) is 0 Å². The van der Waals surface area contributed by atoms with Crippen LogP contribution in [0.15, 0.2) is 0 Å². The molecular weight excluding hydrogens is 118 g/mol. The molecule has 1 nitrogen and oxygen atoms in total. The summed E-state index contributed by atoms with van der Waals surface area (Å²) in [6, 6.07) is 0. The van der Waals surface area contributed by atoms with E-state index in [9.17, 15) is 0 Å². The maximum Gasteiger partial charge on any atom is 0.0213 e. The van der Waals surface area contributed by atoms with E-state index in [4.69, 9.17) is 0 Å². The van der Waals surface area contributed by atoms with Gasteiger partial charge in [0.1, 0.15) is 0 Å². The summed E-state index contributed by atoms with van der Waals surface area (Å²) >= 11 is 2.15. The molecule has 0 saturated carbocycles. The van der Waals surface area contributed by atoms with Gasteiger partial charge in [-0.2, -0.15) is 11.8 Å². The monoisotopic (exact) mass is 129 g/mol. The fraction of sp³-hybridized carbons (Fsp3) is 1.00. The van der Waals surface area contributed by atoms with Crippen molar-refractivity contribution in [1.82, 2.24) is 5.32 Å². The van der Waals surface area contributed by atoms with Crippen molar-refractivity contribution < 1.29 is 0 Å². The third-order valence-corrected chi connectivity index (χ3v) is 3.55. The van der Waals surface area contributed by atoms with Crippen LogP contribution >= 0.6 is 11.8 Å². The molecule has 2 saturated heterocycles. The Bertz CT molecular complexity index is 74.5. The van der Waals surface area contributed by atoms with Crippen LogP contribution in [0.25, 0.3) is 0 Å². The Hall–Kier alpha value is 0.310. The topological polar surface area (TPSA) is 12.0 Å². The molecule has 0 bridgehead atoms. The van der Waals surface area contributed by atoms with Crippen molar-refractivity contribution in [3.05, 3.63) is 0 Å². The Balaban J connectivity index is 2.04. The molecule has 2 atom stereocenters. The van der Waals surface area contributed by atoms with Gasteiger partial charge in [-0.1, -0.05) is 0 Å². The molecule has 2 aliphatic rings. The standard InChI is InChI=1S/C6H11NS/c1-2-8-6-4-7-3-5(1)6/h5-7H,1-4H2. The summed E-state index contributed by atoms with van der Waals surface area (Å²) < 4.78 is 0. The van der Waals surface area contributed by atoms with E-state index in [0.717, 1.165) is 11.2 Å². The summed E-state index contributed by atoms with van der Waals surface area (Å²) in [7, 11) is 0. The maximum atomic E-state index is 3.40. The van der Waals surface area contributed by atoms with Crippen LogP contribution in [0.3, 0.4) is 0 Å². The van der Waals surface area contributed by atoms with Crippen LogP contribution in [-0.2, 0) is 0 Å². The van der Waals surface area contributed by atoms with E-state index < -0.39 is 0 Å². The minimum Gasteiger partial charge on any atom is -0.315 e. The first-order chi connectivity index (χ1) is 3.97. The highest BCUT2D eigenvalue weighted by Crippen LogP contribution is 2.33. The zero-order valence-corrected chi connectivity index (χ0v) is 5.71. The largest absolute Gasteiger partial charge is 0.315 e. The van der Waals surface area contributed by atoms with Gasteiger partial charge in [0, 0.05) is 11.8 Å². The average Bonchev–Trinajstić information content (AvgIpc) is 2.15. The molecule has 2 unspecified atom stereocenters. The minimum absolute atomic E-state index is 0.981. The van der Waals surface area contributed by atoms with E-state index in [-0.39, 0.29) is 0 Å². The lowest BCUT2D eigenvalue weighted by Gasteiger charge is -2.01. The number of fused-ring (bicyclic) bond motifs is 1.